The second kappa shape index (κ2) is 30.0. The van der Waals surface area contributed by atoms with Crippen LogP contribution in [0.4, 0.5) is 0 Å². The Bertz CT molecular complexity index is 2290. The highest BCUT2D eigenvalue weighted by Crippen LogP contribution is 2.10. The lowest BCUT2D eigenvalue weighted by molar-refractivity contribution is -0.143. The molecule has 0 fully saturated rings. The molecule has 0 spiro atoms. The Labute approximate surface area is 413 Å². The normalized spacial score (nSPS) is 14.3. The predicted molar refractivity (Wildman–Crippen MR) is 252 cm³/mol. The first-order valence-corrected chi connectivity index (χ1v) is 22.7. The summed E-state index contributed by atoms with van der Waals surface area (Å²) in [5, 5.41) is 67.0. The number of nitrogens with one attached hydrogen (secondary N) is 9. The van der Waals surface area contributed by atoms with Crippen LogP contribution in [0.15, 0.2) is 73.2 Å². The van der Waals surface area contributed by atoms with Gasteiger partial charge in [0, 0.05) is 37.6 Å². The minimum atomic E-state index is -1.81. The molecule has 1 aromatic heterocycles. The summed E-state index contributed by atoms with van der Waals surface area (Å²) in [6, 6.07) is 4.61. The van der Waals surface area contributed by atoms with E-state index in [2.05, 4.69) is 52.5 Å². The number of carboxylic acid groups (broad SMARTS) is 2. The molecule has 3 aromatic rings. The number of aromatic amines is 1. The van der Waals surface area contributed by atoms with Crippen molar-refractivity contribution in [2.75, 3.05) is 26.4 Å². The number of amides is 8. The van der Waals surface area contributed by atoms with Crippen molar-refractivity contribution >= 4 is 59.2 Å². The fourth-order valence-corrected chi connectivity index (χ4v) is 6.82. The molecule has 72 heavy (non-hydrogen) atoms. The van der Waals surface area contributed by atoms with E-state index in [1.165, 1.54) is 12.5 Å². The lowest BCUT2D eigenvalue weighted by Gasteiger charge is -2.27. The lowest BCUT2D eigenvalue weighted by Crippen LogP contribution is -2.61. The zero-order chi connectivity index (χ0) is 53.3. The number of hydrogen-bond acceptors (Lipinski definition) is 15. The number of hydrogen-bond donors (Lipinski definition) is 15. The molecule has 16 N–H and O–H groups in total. The van der Waals surface area contributed by atoms with Crippen molar-refractivity contribution in [1.29, 1.82) is 0 Å². The third kappa shape index (κ3) is 20.3. The summed E-state index contributed by atoms with van der Waals surface area (Å²) in [5.74, 6) is -10.9. The van der Waals surface area contributed by atoms with E-state index in [1.807, 2.05) is 0 Å². The zero-order valence-corrected chi connectivity index (χ0v) is 39.5. The van der Waals surface area contributed by atoms with Crippen LogP contribution < -0.4 is 48.3 Å². The van der Waals surface area contributed by atoms with E-state index in [4.69, 9.17) is 5.73 Å². The number of rotatable bonds is 31. The van der Waals surface area contributed by atoms with Gasteiger partial charge >= 0.3 is 11.9 Å². The standard InChI is InChI=1S/C46H63N11O15/c1-25(2)15-34(46(71)72)56-45(70)36(23-60)51-37(61)20-49-40(65)35(22-59)57-41(66)30(13-14-38(62)63)52-42(67)32(17-27-11-7-4-8-12-27)54-44(69)33(18-28-19-48-24-50-28)55-43(68)31(53-39(64)29(47)21-58)16-26-9-5-3-6-10-26/h3-12,19,24-25,29-36,58-60H,13-18,20-23,47H2,1-2H3,(H,48,50)(H,49,65)(H,51,61)(H,52,67)(H,53,64)(H,54,69)(H,55,68)(H,56,70)(H,57,66)(H,62,63)(H,71,72)/t29-,30-,31-,32-,33-,34-,35-,36-/m0/s1. The van der Waals surface area contributed by atoms with E-state index < -0.39 is 147 Å². The average molecular weight is 1010 g/mol. The minimum Gasteiger partial charge on any atom is -0.481 e. The molecular formula is C46H63N11O15. The smallest absolute Gasteiger partial charge is 0.326 e. The maximum atomic E-state index is 14.3. The zero-order valence-electron chi connectivity index (χ0n) is 39.5. The summed E-state index contributed by atoms with van der Waals surface area (Å²) in [5.41, 5.74) is 7.20. The highest BCUT2D eigenvalue weighted by atomic mass is 16.4. The van der Waals surface area contributed by atoms with Crippen LogP contribution in [0.25, 0.3) is 0 Å². The largest absolute Gasteiger partial charge is 0.481 e. The number of carbonyl (C=O) groups excluding carboxylic acids is 8. The molecule has 3 rings (SSSR count). The van der Waals surface area contributed by atoms with Crippen molar-refractivity contribution in [3.8, 4) is 0 Å². The van der Waals surface area contributed by atoms with Gasteiger partial charge in [0.1, 0.15) is 48.3 Å². The SMILES string of the molecule is CC(C)C[C@H](NC(=O)[C@H](CO)NC(=O)CNC(=O)[C@H](CO)NC(=O)[C@H](CCC(=O)O)NC(=O)[C@H](Cc1ccccc1)NC(=O)[C@H](Cc1cnc[nH]1)NC(=O)[C@H](Cc1ccccc1)NC(=O)[C@@H](N)CO)C(=O)O. The van der Waals surface area contributed by atoms with Crippen LogP contribution in [-0.2, 0) is 67.2 Å². The van der Waals surface area contributed by atoms with Gasteiger partial charge in [0.15, 0.2) is 0 Å². The van der Waals surface area contributed by atoms with Gasteiger partial charge in [-0.3, -0.25) is 43.2 Å². The summed E-state index contributed by atoms with van der Waals surface area (Å²) in [4.78, 5) is 137. The van der Waals surface area contributed by atoms with Gasteiger partial charge < -0.3 is 78.8 Å². The topological polar surface area (TPSA) is 423 Å². The number of H-pyrrole nitrogens is 1. The second-order valence-corrected chi connectivity index (χ2v) is 16.9. The van der Waals surface area contributed by atoms with Crippen LogP contribution >= 0.6 is 0 Å². The Morgan fingerprint density at radius 2 is 1.00 bits per heavy atom. The Balaban J connectivity index is 1.83. The highest BCUT2D eigenvalue weighted by molar-refractivity contribution is 5.98. The second-order valence-electron chi connectivity index (χ2n) is 16.9. The van der Waals surface area contributed by atoms with Crippen molar-refractivity contribution < 1.29 is 73.5 Å². The number of imidazole rings is 1. The number of nitrogens with two attached hydrogens (primary N) is 1. The molecule has 0 unspecified atom stereocenters. The van der Waals surface area contributed by atoms with Crippen molar-refractivity contribution in [2.45, 2.75) is 101 Å². The molecule has 0 saturated carbocycles. The van der Waals surface area contributed by atoms with Crippen LogP contribution in [0, 0.1) is 5.92 Å². The number of carbonyl (C=O) groups is 10. The van der Waals surface area contributed by atoms with Gasteiger partial charge in [0.05, 0.1) is 32.7 Å². The third-order valence-electron chi connectivity index (χ3n) is 10.7. The Morgan fingerprint density at radius 3 is 1.46 bits per heavy atom. The Morgan fingerprint density at radius 1 is 0.556 bits per heavy atom. The summed E-state index contributed by atoms with van der Waals surface area (Å²) < 4.78 is 0. The van der Waals surface area contributed by atoms with Crippen molar-refractivity contribution in [2.24, 2.45) is 11.7 Å². The first-order valence-electron chi connectivity index (χ1n) is 22.7. The van der Waals surface area contributed by atoms with Crippen LogP contribution in [0.5, 0.6) is 0 Å². The maximum absolute atomic E-state index is 14.3. The van der Waals surface area contributed by atoms with Gasteiger partial charge in [-0.2, -0.15) is 0 Å². The molecule has 2 aromatic carbocycles. The fraction of sp³-hybridized carbons (Fsp3) is 0.457. The predicted octanol–water partition coefficient (Wildman–Crippen LogP) is -4.75. The van der Waals surface area contributed by atoms with Crippen LogP contribution in [0.2, 0.25) is 0 Å². The van der Waals surface area contributed by atoms with Gasteiger partial charge in [-0.1, -0.05) is 74.5 Å². The van der Waals surface area contributed by atoms with E-state index in [1.54, 1.807) is 74.5 Å². The quantitative estimate of drug-likeness (QED) is 0.0288. The average Bonchev–Trinajstić information content (AvgIpc) is 3.87. The van der Waals surface area contributed by atoms with Gasteiger partial charge in [-0.05, 0) is 29.9 Å². The van der Waals surface area contributed by atoms with E-state index >= 15 is 0 Å². The number of aliphatic hydroxyl groups excluding tert-OH is 3. The number of carboxylic acids is 2. The van der Waals surface area contributed by atoms with Crippen LogP contribution in [0.1, 0.15) is 49.9 Å². The number of benzene rings is 2. The van der Waals surface area contributed by atoms with Crippen molar-refractivity contribution in [1.82, 2.24) is 52.5 Å². The Hall–Kier alpha value is -7.81. The molecule has 8 amide bonds. The highest BCUT2D eigenvalue weighted by Gasteiger charge is 2.34. The van der Waals surface area contributed by atoms with Gasteiger partial charge in [0.2, 0.25) is 47.3 Å². The lowest BCUT2D eigenvalue weighted by atomic mass is 10.0. The molecular weight excluding hydrogens is 947 g/mol. The van der Waals surface area contributed by atoms with Crippen LogP contribution in [-0.4, -0.2) is 169 Å². The summed E-state index contributed by atoms with van der Waals surface area (Å²) in [6.45, 7) is -0.183. The Kier molecular flexibility index (Phi) is 24.4. The summed E-state index contributed by atoms with van der Waals surface area (Å²) in [7, 11) is 0. The molecule has 0 radical (unpaired) electrons. The molecule has 0 saturated heterocycles. The molecule has 1 heterocycles. The molecule has 26 heteroatoms. The summed E-state index contributed by atoms with van der Waals surface area (Å²) >= 11 is 0. The maximum Gasteiger partial charge on any atom is 0.326 e. The van der Waals surface area contributed by atoms with Crippen molar-refractivity contribution in [3.63, 3.8) is 0 Å². The van der Waals surface area contributed by atoms with Gasteiger partial charge in [-0.25, -0.2) is 9.78 Å². The van der Waals surface area contributed by atoms with Gasteiger partial charge in [0.25, 0.3) is 0 Å². The molecule has 0 aliphatic heterocycles. The van der Waals surface area contributed by atoms with E-state index in [9.17, 15) is 73.5 Å². The minimum absolute atomic E-state index is 0.0447. The molecule has 392 valence electrons. The molecule has 0 aliphatic carbocycles. The first kappa shape index (κ1) is 58.5. The molecule has 0 bridgehead atoms. The van der Waals surface area contributed by atoms with E-state index in [0.717, 1.165) is 0 Å². The van der Waals surface area contributed by atoms with E-state index in [-0.39, 0.29) is 31.6 Å². The van der Waals surface area contributed by atoms with Crippen LogP contribution in [0.3, 0.4) is 0 Å². The molecule has 26 nitrogen and oxygen atoms in total. The third-order valence-corrected chi connectivity index (χ3v) is 10.7. The first-order chi connectivity index (χ1) is 34.2. The monoisotopic (exact) mass is 1010 g/mol. The van der Waals surface area contributed by atoms with Gasteiger partial charge in [-0.15, -0.1) is 0 Å². The summed E-state index contributed by atoms with van der Waals surface area (Å²) in [6.07, 6.45) is 0.971. The fourth-order valence-electron chi connectivity index (χ4n) is 6.82. The van der Waals surface area contributed by atoms with Crippen molar-refractivity contribution in [3.05, 3.63) is 90.0 Å². The number of aliphatic carboxylic acids is 2. The molecule has 0 aliphatic rings. The number of aromatic nitrogens is 2. The number of nitrogens with zero attached hydrogens (tertiary/aromatic N) is 1. The number of aliphatic hydroxyl groups is 3. The molecule has 8 atom stereocenters. The van der Waals surface area contributed by atoms with E-state index in [0.29, 0.717) is 16.8 Å².